The first-order valence-corrected chi connectivity index (χ1v) is 9.22. The third kappa shape index (κ3) is 5.21. The predicted molar refractivity (Wildman–Crippen MR) is 95.1 cm³/mol. The fourth-order valence-electron chi connectivity index (χ4n) is 3.44. The second kappa shape index (κ2) is 9.04. The van der Waals surface area contributed by atoms with Gasteiger partial charge in [-0.15, -0.1) is 0 Å². The number of aryl methyl sites for hydroxylation is 1. The van der Waals surface area contributed by atoms with Gasteiger partial charge >= 0.3 is 6.03 Å². The van der Waals surface area contributed by atoms with Crippen molar-refractivity contribution in [3.8, 4) is 0 Å². The smallest absolute Gasteiger partial charge is 0.317 e. The van der Waals surface area contributed by atoms with E-state index in [4.69, 9.17) is 4.74 Å². The molecule has 5 heteroatoms. The minimum atomic E-state index is 0.0643. The zero-order valence-corrected chi connectivity index (χ0v) is 14.5. The molecular weight excluding hydrogens is 302 g/mol. The highest BCUT2D eigenvalue weighted by atomic mass is 16.5. The topological polar surface area (TPSA) is 44.8 Å². The Labute approximate surface area is 145 Å². The lowest BCUT2D eigenvalue weighted by molar-refractivity contribution is 0.104. The maximum Gasteiger partial charge on any atom is 0.317 e. The van der Waals surface area contributed by atoms with Gasteiger partial charge in [0.1, 0.15) is 0 Å². The Morgan fingerprint density at radius 1 is 1.17 bits per heavy atom. The average molecular weight is 331 g/mol. The standard InChI is InChI=1S/C19H29N3O2/c23-19(20-16-18-9-5-15-24-18)22-13-11-21(12-14-22)10-4-8-17-6-2-1-3-7-17/h1-3,6-7,18H,4-5,8-16H2,(H,20,23). The van der Waals surface area contributed by atoms with E-state index >= 15 is 0 Å². The van der Waals surface area contributed by atoms with E-state index in [-0.39, 0.29) is 12.1 Å². The summed E-state index contributed by atoms with van der Waals surface area (Å²) in [6.45, 7) is 6.19. The normalized spacial score (nSPS) is 21.8. The van der Waals surface area contributed by atoms with Crippen molar-refractivity contribution >= 4 is 6.03 Å². The molecule has 1 atom stereocenters. The zero-order chi connectivity index (χ0) is 16.6. The van der Waals surface area contributed by atoms with Crippen LogP contribution in [-0.4, -0.2) is 67.8 Å². The number of ether oxygens (including phenoxy) is 1. The van der Waals surface area contributed by atoms with Crippen molar-refractivity contribution in [2.45, 2.75) is 31.8 Å². The fraction of sp³-hybridized carbons (Fsp3) is 0.632. The summed E-state index contributed by atoms with van der Waals surface area (Å²) >= 11 is 0. The summed E-state index contributed by atoms with van der Waals surface area (Å²) in [6, 6.07) is 10.7. The molecule has 1 aromatic carbocycles. The lowest BCUT2D eigenvalue weighted by Gasteiger charge is -2.34. The Kier molecular flexibility index (Phi) is 6.49. The van der Waals surface area contributed by atoms with Crippen molar-refractivity contribution in [3.05, 3.63) is 35.9 Å². The van der Waals surface area contributed by atoms with E-state index in [9.17, 15) is 4.79 Å². The van der Waals surface area contributed by atoms with Crippen LogP contribution in [-0.2, 0) is 11.2 Å². The second-order valence-electron chi connectivity index (χ2n) is 6.74. The van der Waals surface area contributed by atoms with Crippen LogP contribution in [0.15, 0.2) is 30.3 Å². The predicted octanol–water partition coefficient (Wildman–Crippen LogP) is 2.13. The molecule has 0 spiro atoms. The van der Waals surface area contributed by atoms with Crippen molar-refractivity contribution in [1.82, 2.24) is 15.1 Å². The van der Waals surface area contributed by atoms with Gasteiger partial charge in [-0.2, -0.15) is 0 Å². The highest BCUT2D eigenvalue weighted by molar-refractivity contribution is 5.74. The van der Waals surface area contributed by atoms with Gasteiger partial charge < -0.3 is 15.0 Å². The molecule has 2 aliphatic rings. The van der Waals surface area contributed by atoms with Gasteiger partial charge in [-0.25, -0.2) is 4.79 Å². The Bertz CT molecular complexity index is 495. The summed E-state index contributed by atoms with van der Waals surface area (Å²) in [5.41, 5.74) is 1.41. The summed E-state index contributed by atoms with van der Waals surface area (Å²) < 4.78 is 5.55. The van der Waals surface area contributed by atoms with Crippen molar-refractivity contribution < 1.29 is 9.53 Å². The fourth-order valence-corrected chi connectivity index (χ4v) is 3.44. The van der Waals surface area contributed by atoms with Gasteiger partial charge in [0.15, 0.2) is 0 Å². The lowest BCUT2D eigenvalue weighted by Crippen LogP contribution is -2.52. The number of hydrogen-bond donors (Lipinski definition) is 1. The van der Waals surface area contributed by atoms with Crippen LogP contribution >= 0.6 is 0 Å². The quantitative estimate of drug-likeness (QED) is 0.868. The Morgan fingerprint density at radius 2 is 1.96 bits per heavy atom. The van der Waals surface area contributed by atoms with E-state index in [1.807, 2.05) is 4.90 Å². The van der Waals surface area contributed by atoms with E-state index < -0.39 is 0 Å². The minimum Gasteiger partial charge on any atom is -0.376 e. The molecule has 0 bridgehead atoms. The van der Waals surface area contributed by atoms with E-state index in [0.29, 0.717) is 6.54 Å². The van der Waals surface area contributed by atoms with Gasteiger partial charge in [-0.3, -0.25) is 4.90 Å². The molecular formula is C19H29N3O2. The van der Waals surface area contributed by atoms with Gasteiger partial charge in [-0.1, -0.05) is 30.3 Å². The molecule has 0 aromatic heterocycles. The summed E-state index contributed by atoms with van der Waals surface area (Å²) in [6.07, 6.45) is 4.70. The molecule has 2 aliphatic heterocycles. The van der Waals surface area contributed by atoms with Crippen LogP contribution in [0.4, 0.5) is 4.79 Å². The first-order chi connectivity index (χ1) is 11.8. The van der Waals surface area contributed by atoms with Crippen LogP contribution in [0.3, 0.4) is 0 Å². The van der Waals surface area contributed by atoms with Gasteiger partial charge in [0.25, 0.3) is 0 Å². The Morgan fingerprint density at radius 3 is 2.67 bits per heavy atom. The molecule has 0 aliphatic carbocycles. The number of amides is 2. The van der Waals surface area contributed by atoms with Crippen molar-refractivity contribution in [3.63, 3.8) is 0 Å². The number of hydrogen-bond acceptors (Lipinski definition) is 3. The number of rotatable bonds is 6. The SMILES string of the molecule is O=C(NCC1CCCO1)N1CCN(CCCc2ccccc2)CC1. The molecule has 2 fully saturated rings. The Hall–Kier alpha value is -1.59. The molecule has 0 saturated carbocycles. The summed E-state index contributed by atoms with van der Waals surface area (Å²) in [5, 5.41) is 3.02. The van der Waals surface area contributed by atoms with Gasteiger partial charge in [-0.05, 0) is 37.8 Å². The molecule has 24 heavy (non-hydrogen) atoms. The number of benzene rings is 1. The van der Waals surface area contributed by atoms with Gasteiger partial charge in [0.05, 0.1) is 6.10 Å². The molecule has 1 aromatic rings. The van der Waals surface area contributed by atoms with E-state index in [2.05, 4.69) is 40.5 Å². The summed E-state index contributed by atoms with van der Waals surface area (Å²) in [5.74, 6) is 0. The number of urea groups is 1. The molecule has 1 N–H and O–H groups in total. The largest absolute Gasteiger partial charge is 0.376 e. The zero-order valence-electron chi connectivity index (χ0n) is 14.5. The van der Waals surface area contributed by atoms with Crippen LogP contribution in [0.2, 0.25) is 0 Å². The molecule has 2 amide bonds. The highest BCUT2D eigenvalue weighted by Crippen LogP contribution is 2.11. The van der Waals surface area contributed by atoms with E-state index in [1.54, 1.807) is 0 Å². The molecule has 3 rings (SSSR count). The number of piperazine rings is 1. The lowest BCUT2D eigenvalue weighted by atomic mass is 10.1. The molecule has 0 radical (unpaired) electrons. The second-order valence-corrected chi connectivity index (χ2v) is 6.74. The number of nitrogens with one attached hydrogen (secondary N) is 1. The molecule has 5 nitrogen and oxygen atoms in total. The van der Waals surface area contributed by atoms with Gasteiger partial charge in [0.2, 0.25) is 0 Å². The number of nitrogens with zero attached hydrogens (tertiary/aromatic N) is 2. The van der Waals surface area contributed by atoms with Crippen LogP contribution in [0.1, 0.15) is 24.8 Å². The third-order valence-electron chi connectivity index (χ3n) is 4.95. The van der Waals surface area contributed by atoms with Crippen LogP contribution in [0.25, 0.3) is 0 Å². The number of carbonyl (C=O) groups is 1. The highest BCUT2D eigenvalue weighted by Gasteiger charge is 2.22. The average Bonchev–Trinajstić information content (AvgIpc) is 3.15. The van der Waals surface area contributed by atoms with Crippen LogP contribution in [0, 0.1) is 0 Å². The van der Waals surface area contributed by atoms with Crippen LogP contribution < -0.4 is 5.32 Å². The Balaban J connectivity index is 1.29. The number of carbonyl (C=O) groups excluding carboxylic acids is 1. The summed E-state index contributed by atoms with van der Waals surface area (Å²) in [4.78, 5) is 16.6. The van der Waals surface area contributed by atoms with Gasteiger partial charge in [0, 0.05) is 39.3 Å². The first kappa shape index (κ1) is 17.2. The van der Waals surface area contributed by atoms with Crippen molar-refractivity contribution in [1.29, 1.82) is 0 Å². The monoisotopic (exact) mass is 331 g/mol. The van der Waals surface area contributed by atoms with Crippen molar-refractivity contribution in [2.75, 3.05) is 45.9 Å². The van der Waals surface area contributed by atoms with E-state index in [1.165, 1.54) is 12.0 Å². The maximum absolute atomic E-state index is 12.2. The van der Waals surface area contributed by atoms with Crippen LogP contribution in [0.5, 0.6) is 0 Å². The summed E-state index contributed by atoms with van der Waals surface area (Å²) in [7, 11) is 0. The molecule has 2 saturated heterocycles. The molecule has 132 valence electrons. The third-order valence-corrected chi connectivity index (χ3v) is 4.95. The molecule has 2 heterocycles. The maximum atomic E-state index is 12.2. The van der Waals surface area contributed by atoms with Crippen molar-refractivity contribution in [2.24, 2.45) is 0 Å². The van der Waals surface area contributed by atoms with E-state index in [0.717, 1.165) is 58.6 Å². The minimum absolute atomic E-state index is 0.0643. The first-order valence-electron chi connectivity index (χ1n) is 9.22. The molecule has 1 unspecified atom stereocenters.